The van der Waals surface area contributed by atoms with Crippen molar-refractivity contribution in [2.45, 2.75) is 50.6 Å². The van der Waals surface area contributed by atoms with Crippen LogP contribution in [0, 0.1) is 0 Å². The number of methoxy groups -OCH3 is 3. The van der Waals surface area contributed by atoms with Crippen LogP contribution in [0.4, 0.5) is 5.69 Å². The lowest BCUT2D eigenvalue weighted by molar-refractivity contribution is 0.337. The third kappa shape index (κ3) is 5.03. The SMILES string of the molecule is COc1ccccc1N(Cc1cccc(-c2cc(OC)c(OC)c(C3CCC3)c2)c1)C1CCNCC1. The first-order valence-corrected chi connectivity index (χ1v) is 13.2. The minimum absolute atomic E-state index is 0.470. The molecule has 1 aliphatic carbocycles. The van der Waals surface area contributed by atoms with Gasteiger partial charge in [0.25, 0.3) is 0 Å². The molecule has 2 fully saturated rings. The van der Waals surface area contributed by atoms with Gasteiger partial charge in [-0.2, -0.15) is 0 Å². The van der Waals surface area contributed by atoms with E-state index >= 15 is 0 Å². The Morgan fingerprint density at radius 1 is 0.778 bits per heavy atom. The predicted molar refractivity (Wildman–Crippen MR) is 147 cm³/mol. The maximum Gasteiger partial charge on any atom is 0.164 e. The third-order valence-corrected chi connectivity index (χ3v) is 7.81. The van der Waals surface area contributed by atoms with Gasteiger partial charge in [0, 0.05) is 18.2 Å². The highest BCUT2D eigenvalue weighted by atomic mass is 16.5. The van der Waals surface area contributed by atoms with Crippen LogP contribution in [0.15, 0.2) is 60.7 Å². The summed E-state index contributed by atoms with van der Waals surface area (Å²) in [4.78, 5) is 2.53. The van der Waals surface area contributed by atoms with E-state index in [0.29, 0.717) is 12.0 Å². The number of hydrogen-bond acceptors (Lipinski definition) is 5. The minimum atomic E-state index is 0.470. The van der Waals surface area contributed by atoms with Crippen LogP contribution in [-0.4, -0.2) is 40.5 Å². The number of hydrogen-bond donors (Lipinski definition) is 1. The number of ether oxygens (including phenoxy) is 3. The lowest BCUT2D eigenvalue weighted by Gasteiger charge is -2.37. The second kappa shape index (κ2) is 11.3. The highest BCUT2D eigenvalue weighted by Crippen LogP contribution is 2.46. The van der Waals surface area contributed by atoms with Gasteiger partial charge >= 0.3 is 0 Å². The van der Waals surface area contributed by atoms with Crippen molar-refractivity contribution in [3.63, 3.8) is 0 Å². The van der Waals surface area contributed by atoms with Crippen LogP contribution in [-0.2, 0) is 6.54 Å². The first-order valence-electron chi connectivity index (χ1n) is 13.2. The van der Waals surface area contributed by atoms with Crippen molar-refractivity contribution < 1.29 is 14.2 Å². The lowest BCUT2D eigenvalue weighted by atomic mass is 9.78. The summed E-state index contributed by atoms with van der Waals surface area (Å²) in [6.45, 7) is 2.93. The number of nitrogens with zero attached hydrogens (tertiary/aromatic N) is 1. The van der Waals surface area contributed by atoms with E-state index in [4.69, 9.17) is 14.2 Å². The number of nitrogens with one attached hydrogen (secondary N) is 1. The molecule has 1 N–H and O–H groups in total. The van der Waals surface area contributed by atoms with E-state index < -0.39 is 0 Å². The Labute approximate surface area is 215 Å². The maximum atomic E-state index is 5.78. The largest absolute Gasteiger partial charge is 0.495 e. The van der Waals surface area contributed by atoms with Gasteiger partial charge < -0.3 is 24.4 Å². The van der Waals surface area contributed by atoms with Gasteiger partial charge in [-0.3, -0.25) is 0 Å². The van der Waals surface area contributed by atoms with Crippen LogP contribution < -0.4 is 24.4 Å². The summed E-state index contributed by atoms with van der Waals surface area (Å²) in [6, 6.07) is 22.2. The standard InChI is InChI=1S/C31H38N2O3/c1-34-29-13-5-4-12-28(29)33(26-14-16-32-17-15-26)21-22-8-6-11-24(18-22)25-19-27(23-9-7-10-23)31(36-3)30(20-25)35-2/h4-6,8,11-13,18-20,23,26,32H,7,9-10,14-17,21H2,1-3H3. The summed E-state index contributed by atoms with van der Waals surface area (Å²) in [5.74, 6) is 3.18. The molecule has 1 heterocycles. The summed E-state index contributed by atoms with van der Waals surface area (Å²) in [7, 11) is 5.23. The third-order valence-electron chi connectivity index (χ3n) is 7.81. The maximum absolute atomic E-state index is 5.78. The lowest BCUT2D eigenvalue weighted by Crippen LogP contribution is -2.43. The zero-order chi connectivity index (χ0) is 24.9. The molecule has 0 radical (unpaired) electrons. The van der Waals surface area contributed by atoms with Crippen molar-refractivity contribution in [2.75, 3.05) is 39.3 Å². The predicted octanol–water partition coefficient (Wildman–Crippen LogP) is 6.41. The van der Waals surface area contributed by atoms with E-state index in [-0.39, 0.29) is 0 Å². The molecule has 0 atom stereocenters. The fraction of sp³-hybridized carbons (Fsp3) is 0.419. The average molecular weight is 487 g/mol. The van der Waals surface area contributed by atoms with Crippen LogP contribution in [0.25, 0.3) is 11.1 Å². The van der Waals surface area contributed by atoms with E-state index in [1.54, 1.807) is 21.3 Å². The summed E-state index contributed by atoms with van der Waals surface area (Å²) in [6.07, 6.45) is 5.96. The highest BCUT2D eigenvalue weighted by Gasteiger charge is 2.27. The molecule has 1 aliphatic heterocycles. The van der Waals surface area contributed by atoms with Gasteiger partial charge in [-0.05, 0) is 91.7 Å². The molecule has 0 unspecified atom stereocenters. The van der Waals surface area contributed by atoms with Gasteiger partial charge in [-0.25, -0.2) is 0 Å². The van der Waals surface area contributed by atoms with Crippen LogP contribution in [0.1, 0.15) is 49.1 Å². The molecule has 0 amide bonds. The highest BCUT2D eigenvalue weighted by molar-refractivity contribution is 5.71. The Hall–Kier alpha value is -3.18. The summed E-state index contributed by atoms with van der Waals surface area (Å²) in [5, 5.41) is 3.51. The first kappa shape index (κ1) is 24.5. The number of benzene rings is 3. The van der Waals surface area contributed by atoms with E-state index in [1.807, 2.05) is 6.07 Å². The molecule has 36 heavy (non-hydrogen) atoms. The van der Waals surface area contributed by atoms with Crippen molar-refractivity contribution in [2.24, 2.45) is 0 Å². The Morgan fingerprint density at radius 3 is 2.25 bits per heavy atom. The smallest absolute Gasteiger partial charge is 0.164 e. The first-order chi connectivity index (χ1) is 17.7. The number of piperidine rings is 1. The summed E-state index contributed by atoms with van der Waals surface area (Å²) >= 11 is 0. The molecule has 0 spiro atoms. The van der Waals surface area contributed by atoms with E-state index in [2.05, 4.69) is 64.8 Å². The van der Waals surface area contributed by atoms with Crippen molar-refractivity contribution in [1.82, 2.24) is 5.32 Å². The van der Waals surface area contributed by atoms with E-state index in [0.717, 1.165) is 55.4 Å². The van der Waals surface area contributed by atoms with Gasteiger partial charge in [0.05, 0.1) is 27.0 Å². The minimum Gasteiger partial charge on any atom is -0.495 e. The fourth-order valence-corrected chi connectivity index (χ4v) is 5.63. The molecular weight excluding hydrogens is 448 g/mol. The Kier molecular flexibility index (Phi) is 7.66. The average Bonchev–Trinajstić information content (AvgIpc) is 2.91. The number of anilines is 1. The quantitative estimate of drug-likeness (QED) is 0.379. The zero-order valence-electron chi connectivity index (χ0n) is 21.8. The number of rotatable bonds is 9. The van der Waals surface area contributed by atoms with E-state index in [9.17, 15) is 0 Å². The second-order valence-corrected chi connectivity index (χ2v) is 9.91. The molecule has 190 valence electrons. The normalized spacial score (nSPS) is 16.3. The molecule has 5 rings (SSSR count). The molecule has 0 bridgehead atoms. The summed E-state index contributed by atoms with van der Waals surface area (Å²) < 4.78 is 17.3. The Bertz CT molecular complexity index is 1170. The molecule has 3 aromatic carbocycles. The molecule has 1 saturated carbocycles. The van der Waals surface area contributed by atoms with Gasteiger partial charge in [0.15, 0.2) is 11.5 Å². The fourth-order valence-electron chi connectivity index (χ4n) is 5.63. The van der Waals surface area contributed by atoms with Crippen LogP contribution >= 0.6 is 0 Å². The molecular formula is C31H38N2O3. The van der Waals surface area contributed by atoms with Gasteiger partial charge in [-0.1, -0.05) is 36.8 Å². The zero-order valence-corrected chi connectivity index (χ0v) is 21.8. The molecule has 3 aromatic rings. The van der Waals surface area contributed by atoms with Gasteiger partial charge in [-0.15, -0.1) is 0 Å². The Morgan fingerprint density at radius 2 is 1.56 bits per heavy atom. The van der Waals surface area contributed by atoms with Crippen molar-refractivity contribution in [3.05, 3.63) is 71.8 Å². The number of para-hydroxylation sites is 2. The molecule has 2 aliphatic rings. The van der Waals surface area contributed by atoms with Crippen molar-refractivity contribution >= 4 is 5.69 Å². The topological polar surface area (TPSA) is 43.0 Å². The van der Waals surface area contributed by atoms with Crippen molar-refractivity contribution in [1.29, 1.82) is 0 Å². The molecule has 5 nitrogen and oxygen atoms in total. The van der Waals surface area contributed by atoms with Gasteiger partial charge in [0.2, 0.25) is 0 Å². The van der Waals surface area contributed by atoms with Crippen molar-refractivity contribution in [3.8, 4) is 28.4 Å². The Balaban J connectivity index is 1.49. The van der Waals surface area contributed by atoms with E-state index in [1.165, 1.54) is 41.5 Å². The summed E-state index contributed by atoms with van der Waals surface area (Å²) in [5.41, 5.74) is 6.11. The molecule has 5 heteroatoms. The molecule has 0 aromatic heterocycles. The van der Waals surface area contributed by atoms with Crippen LogP contribution in [0.5, 0.6) is 17.2 Å². The van der Waals surface area contributed by atoms with Crippen LogP contribution in [0.3, 0.4) is 0 Å². The second-order valence-electron chi connectivity index (χ2n) is 9.91. The van der Waals surface area contributed by atoms with Gasteiger partial charge in [0.1, 0.15) is 5.75 Å². The van der Waals surface area contributed by atoms with Crippen LogP contribution in [0.2, 0.25) is 0 Å². The molecule has 1 saturated heterocycles. The monoisotopic (exact) mass is 486 g/mol.